The average molecular weight is 342 g/mol. The van der Waals surface area contributed by atoms with Crippen molar-refractivity contribution in [2.75, 3.05) is 25.0 Å². The summed E-state index contributed by atoms with van der Waals surface area (Å²) in [5, 5.41) is 6.35. The number of carbonyl (C=O) groups is 1. The Morgan fingerprint density at radius 2 is 2.08 bits per heavy atom. The Morgan fingerprint density at radius 1 is 1.25 bits per heavy atom. The number of hydrogen-bond acceptors (Lipinski definition) is 3. The van der Waals surface area contributed by atoms with Gasteiger partial charge < -0.3 is 15.5 Å². The van der Waals surface area contributed by atoms with Gasteiger partial charge in [-0.15, -0.1) is 11.3 Å². The molecule has 0 atom stereocenters. The Labute approximate surface area is 146 Å². The summed E-state index contributed by atoms with van der Waals surface area (Å²) in [4.78, 5) is 21.1. The van der Waals surface area contributed by atoms with Gasteiger partial charge in [-0.25, -0.2) is 0 Å². The van der Waals surface area contributed by atoms with E-state index >= 15 is 0 Å². The molecule has 0 spiro atoms. The highest BCUT2D eigenvalue weighted by atomic mass is 32.1. The maximum Gasteiger partial charge on any atom is 0.246 e. The predicted octanol–water partition coefficient (Wildman–Crippen LogP) is 2.31. The lowest BCUT2D eigenvalue weighted by Gasteiger charge is -2.18. The molecule has 0 saturated heterocycles. The highest BCUT2D eigenvalue weighted by molar-refractivity contribution is 7.11. The van der Waals surface area contributed by atoms with Gasteiger partial charge in [0.15, 0.2) is 5.96 Å². The smallest absolute Gasteiger partial charge is 0.246 e. The van der Waals surface area contributed by atoms with Crippen molar-refractivity contribution >= 4 is 28.9 Å². The summed E-state index contributed by atoms with van der Waals surface area (Å²) in [5.74, 6) is 0.705. The van der Waals surface area contributed by atoms with Crippen molar-refractivity contribution in [3.05, 3.63) is 51.7 Å². The first-order valence-electron chi connectivity index (χ1n) is 8.05. The molecule has 0 unspecified atom stereocenters. The fraction of sp³-hybridized carbons (Fsp3) is 0.333. The van der Waals surface area contributed by atoms with Gasteiger partial charge >= 0.3 is 0 Å². The highest BCUT2D eigenvalue weighted by Gasteiger charge is 2.23. The van der Waals surface area contributed by atoms with Crippen LogP contribution < -0.4 is 15.5 Å². The van der Waals surface area contributed by atoms with E-state index in [9.17, 15) is 4.79 Å². The number of aryl methyl sites for hydroxylation is 1. The number of amides is 1. The normalized spacial score (nSPS) is 13.8. The van der Waals surface area contributed by atoms with Crippen LogP contribution in [0.3, 0.4) is 0 Å². The van der Waals surface area contributed by atoms with Crippen LogP contribution in [0.4, 0.5) is 5.69 Å². The number of fused-ring (bicyclic) bond motifs is 1. The summed E-state index contributed by atoms with van der Waals surface area (Å²) in [5.41, 5.74) is 2.27. The fourth-order valence-electron chi connectivity index (χ4n) is 2.82. The van der Waals surface area contributed by atoms with Crippen LogP contribution in [0.5, 0.6) is 0 Å². The lowest BCUT2D eigenvalue weighted by molar-refractivity contribution is -0.117. The molecule has 0 radical (unpaired) electrons. The summed E-state index contributed by atoms with van der Waals surface area (Å²) >= 11 is 1.76. The fourth-order valence-corrected chi connectivity index (χ4v) is 3.65. The van der Waals surface area contributed by atoms with Crippen LogP contribution in [0.15, 0.2) is 41.4 Å². The second kappa shape index (κ2) is 7.49. The summed E-state index contributed by atoms with van der Waals surface area (Å²) in [6, 6.07) is 12.3. The van der Waals surface area contributed by atoms with E-state index in [0.29, 0.717) is 12.5 Å². The number of hydrogen-bond donors (Lipinski definition) is 2. The number of thiophene rings is 1. The minimum absolute atomic E-state index is 0.0647. The molecule has 5 nitrogen and oxygen atoms in total. The van der Waals surface area contributed by atoms with Crippen LogP contribution in [0.2, 0.25) is 0 Å². The molecule has 1 aromatic carbocycles. The lowest BCUT2D eigenvalue weighted by Crippen LogP contribution is -2.44. The van der Waals surface area contributed by atoms with Gasteiger partial charge in [-0.2, -0.15) is 0 Å². The van der Waals surface area contributed by atoms with Crippen molar-refractivity contribution in [3.63, 3.8) is 0 Å². The lowest BCUT2D eigenvalue weighted by atomic mass is 10.2. The van der Waals surface area contributed by atoms with Crippen molar-refractivity contribution in [2.24, 2.45) is 4.99 Å². The molecule has 2 N–H and O–H groups in total. The van der Waals surface area contributed by atoms with E-state index in [4.69, 9.17) is 0 Å². The quantitative estimate of drug-likeness (QED) is 0.662. The summed E-state index contributed by atoms with van der Waals surface area (Å²) in [7, 11) is 1.71. The standard InChI is InChI=1S/C18H22N4OS/c1-13-7-8-15(24-13)11-20-18(19-2)21-12-17(23)22-10-9-14-5-3-4-6-16(14)22/h3-8H,9-12H2,1-2H3,(H2,19,20,21). The van der Waals surface area contributed by atoms with E-state index in [1.54, 1.807) is 18.4 Å². The molecule has 6 heteroatoms. The van der Waals surface area contributed by atoms with Crippen molar-refractivity contribution in [1.29, 1.82) is 0 Å². The Morgan fingerprint density at radius 3 is 2.83 bits per heavy atom. The predicted molar refractivity (Wildman–Crippen MR) is 99.8 cm³/mol. The largest absolute Gasteiger partial charge is 0.352 e. The number of benzene rings is 1. The van der Waals surface area contributed by atoms with Crippen LogP contribution in [-0.4, -0.2) is 32.0 Å². The summed E-state index contributed by atoms with van der Waals surface area (Å²) < 4.78 is 0. The summed E-state index contributed by atoms with van der Waals surface area (Å²) in [6.45, 7) is 3.78. The topological polar surface area (TPSA) is 56.7 Å². The van der Waals surface area contributed by atoms with Gasteiger partial charge in [0, 0.05) is 29.0 Å². The van der Waals surface area contributed by atoms with Gasteiger partial charge in [-0.05, 0) is 37.1 Å². The maximum atomic E-state index is 12.5. The molecule has 1 aliphatic heterocycles. The molecule has 1 aliphatic rings. The number of anilines is 1. The molecule has 2 heterocycles. The molecule has 3 rings (SSSR count). The number of para-hydroxylation sites is 1. The van der Waals surface area contributed by atoms with Crippen LogP contribution >= 0.6 is 11.3 Å². The van der Waals surface area contributed by atoms with Gasteiger partial charge in [0.25, 0.3) is 0 Å². The zero-order valence-electron chi connectivity index (χ0n) is 14.0. The van der Waals surface area contributed by atoms with Gasteiger partial charge in [0.05, 0.1) is 13.1 Å². The van der Waals surface area contributed by atoms with E-state index in [0.717, 1.165) is 18.7 Å². The first-order chi connectivity index (χ1) is 11.7. The van der Waals surface area contributed by atoms with Crippen molar-refractivity contribution in [3.8, 4) is 0 Å². The number of aliphatic imine (C=N–C) groups is 1. The number of guanidine groups is 1. The molecule has 0 saturated carbocycles. The maximum absolute atomic E-state index is 12.5. The molecular formula is C18H22N4OS. The van der Waals surface area contributed by atoms with E-state index in [-0.39, 0.29) is 12.5 Å². The van der Waals surface area contributed by atoms with Crippen molar-refractivity contribution < 1.29 is 4.79 Å². The Kier molecular flexibility index (Phi) is 5.15. The van der Waals surface area contributed by atoms with Crippen molar-refractivity contribution in [2.45, 2.75) is 19.9 Å². The van der Waals surface area contributed by atoms with Crippen LogP contribution in [-0.2, 0) is 17.8 Å². The SMILES string of the molecule is CN=C(NCC(=O)N1CCc2ccccc21)NCc1ccc(C)s1. The van der Waals surface area contributed by atoms with E-state index < -0.39 is 0 Å². The molecule has 126 valence electrons. The van der Waals surface area contributed by atoms with E-state index in [1.165, 1.54) is 15.3 Å². The van der Waals surface area contributed by atoms with Gasteiger partial charge in [-0.1, -0.05) is 18.2 Å². The van der Waals surface area contributed by atoms with Crippen molar-refractivity contribution in [1.82, 2.24) is 10.6 Å². The number of nitrogens with one attached hydrogen (secondary N) is 2. The number of rotatable bonds is 4. The minimum Gasteiger partial charge on any atom is -0.352 e. The zero-order valence-corrected chi connectivity index (χ0v) is 14.8. The zero-order chi connectivity index (χ0) is 16.9. The molecule has 1 aromatic heterocycles. The number of carbonyl (C=O) groups excluding carboxylic acids is 1. The number of nitrogens with zero attached hydrogens (tertiary/aromatic N) is 2. The molecule has 1 amide bonds. The average Bonchev–Trinajstić information content (AvgIpc) is 3.21. The molecule has 0 fully saturated rings. The van der Waals surface area contributed by atoms with Crippen LogP contribution in [0.1, 0.15) is 15.3 Å². The Hall–Kier alpha value is -2.34. The molecule has 2 aromatic rings. The molecular weight excluding hydrogens is 320 g/mol. The first-order valence-corrected chi connectivity index (χ1v) is 8.87. The second-order valence-electron chi connectivity index (χ2n) is 5.72. The van der Waals surface area contributed by atoms with Crippen LogP contribution in [0.25, 0.3) is 0 Å². The minimum atomic E-state index is 0.0647. The molecule has 24 heavy (non-hydrogen) atoms. The highest BCUT2D eigenvalue weighted by Crippen LogP contribution is 2.27. The monoisotopic (exact) mass is 342 g/mol. The third-order valence-electron chi connectivity index (χ3n) is 4.04. The van der Waals surface area contributed by atoms with E-state index in [2.05, 4.69) is 40.7 Å². The third kappa shape index (κ3) is 3.76. The van der Waals surface area contributed by atoms with E-state index in [1.807, 2.05) is 23.1 Å². The third-order valence-corrected chi connectivity index (χ3v) is 5.05. The molecule has 0 bridgehead atoms. The Balaban J connectivity index is 1.52. The second-order valence-corrected chi connectivity index (χ2v) is 7.09. The van der Waals surface area contributed by atoms with Gasteiger partial charge in [0.1, 0.15) is 0 Å². The molecule has 0 aliphatic carbocycles. The summed E-state index contributed by atoms with van der Waals surface area (Å²) in [6.07, 6.45) is 0.923. The van der Waals surface area contributed by atoms with Gasteiger partial charge in [-0.3, -0.25) is 9.79 Å². The van der Waals surface area contributed by atoms with Crippen LogP contribution in [0, 0.1) is 6.92 Å². The Bertz CT molecular complexity index is 753. The first kappa shape index (κ1) is 16.5. The van der Waals surface area contributed by atoms with Gasteiger partial charge in [0.2, 0.25) is 5.91 Å².